The summed E-state index contributed by atoms with van der Waals surface area (Å²) in [4.78, 5) is 55.8. The molecule has 0 radical (unpaired) electrons. The van der Waals surface area contributed by atoms with Crippen molar-refractivity contribution in [3.8, 4) is 33.9 Å². The lowest BCUT2D eigenvalue weighted by Gasteiger charge is -2.11. The predicted molar refractivity (Wildman–Crippen MR) is 180 cm³/mol. The second-order valence-electron chi connectivity index (χ2n) is 10.5. The third kappa shape index (κ3) is 7.08. The largest absolute Gasteiger partial charge is 0.322 e. The minimum Gasteiger partial charge on any atom is -0.322 e. The molecule has 234 valence electrons. The van der Waals surface area contributed by atoms with Gasteiger partial charge in [-0.25, -0.2) is 9.97 Å². The van der Waals surface area contributed by atoms with Crippen LogP contribution in [0, 0.1) is 20.2 Å². The first-order chi connectivity index (χ1) is 23.2. The van der Waals surface area contributed by atoms with E-state index in [2.05, 4.69) is 10.6 Å². The molecule has 6 aromatic rings. The lowest BCUT2D eigenvalue weighted by Crippen LogP contribution is -2.11. The number of hydrogen-bond acceptors (Lipinski definition) is 8. The number of nitrogens with zero attached hydrogens (tertiary/aromatic N) is 4. The Morgan fingerprint density at radius 1 is 0.500 bits per heavy atom. The van der Waals surface area contributed by atoms with Crippen LogP contribution in [0.2, 0.25) is 0 Å². The maximum atomic E-state index is 12.7. The maximum Gasteiger partial charge on any atom is 0.269 e. The van der Waals surface area contributed by atoms with Crippen LogP contribution < -0.4 is 10.6 Å². The minimum atomic E-state index is -0.526. The molecule has 0 aliphatic carbocycles. The van der Waals surface area contributed by atoms with Crippen LogP contribution in [0.3, 0.4) is 0 Å². The molecule has 2 amide bonds. The lowest BCUT2D eigenvalue weighted by molar-refractivity contribution is -0.385. The number of anilines is 2. The molecule has 0 aliphatic rings. The van der Waals surface area contributed by atoms with Crippen LogP contribution in [0.1, 0.15) is 20.7 Å². The van der Waals surface area contributed by atoms with E-state index in [1.54, 1.807) is 36.4 Å². The summed E-state index contributed by atoms with van der Waals surface area (Å²) in [6.45, 7) is 0. The van der Waals surface area contributed by atoms with Crippen molar-refractivity contribution in [1.29, 1.82) is 0 Å². The van der Waals surface area contributed by atoms with Crippen molar-refractivity contribution < 1.29 is 19.4 Å². The molecule has 0 fully saturated rings. The Balaban J connectivity index is 1.23. The van der Waals surface area contributed by atoms with E-state index < -0.39 is 21.7 Å². The van der Waals surface area contributed by atoms with Gasteiger partial charge in [0.2, 0.25) is 0 Å². The molecule has 6 rings (SSSR count). The summed E-state index contributed by atoms with van der Waals surface area (Å²) in [5.41, 5.74) is 5.13. The van der Waals surface area contributed by atoms with Gasteiger partial charge in [-0.1, -0.05) is 42.5 Å². The molecule has 0 atom stereocenters. The van der Waals surface area contributed by atoms with Crippen molar-refractivity contribution in [2.75, 3.05) is 10.6 Å². The molecule has 12 heteroatoms. The number of nitro benzene ring substituents is 2. The van der Waals surface area contributed by atoms with Crippen LogP contribution in [0.4, 0.5) is 22.7 Å². The second-order valence-corrected chi connectivity index (χ2v) is 10.5. The molecule has 1 heterocycles. The molecular weight excluding hydrogens is 612 g/mol. The van der Waals surface area contributed by atoms with Gasteiger partial charge in [0.25, 0.3) is 23.2 Å². The van der Waals surface area contributed by atoms with Gasteiger partial charge in [-0.3, -0.25) is 29.8 Å². The van der Waals surface area contributed by atoms with Gasteiger partial charge in [-0.15, -0.1) is 0 Å². The fourth-order valence-corrected chi connectivity index (χ4v) is 4.78. The zero-order valence-corrected chi connectivity index (χ0v) is 24.9. The Hall–Kier alpha value is -7.08. The van der Waals surface area contributed by atoms with Gasteiger partial charge in [0.05, 0.1) is 21.2 Å². The smallest absolute Gasteiger partial charge is 0.269 e. The van der Waals surface area contributed by atoms with Crippen LogP contribution in [0.5, 0.6) is 0 Å². The molecule has 12 nitrogen and oxygen atoms in total. The van der Waals surface area contributed by atoms with Crippen LogP contribution in [0.15, 0.2) is 133 Å². The molecule has 1 aromatic heterocycles. The Morgan fingerprint density at radius 3 is 1.31 bits per heavy atom. The Bertz CT molecular complexity index is 2000. The summed E-state index contributed by atoms with van der Waals surface area (Å²) in [6.07, 6.45) is 0. The number of nitro groups is 2. The van der Waals surface area contributed by atoms with Gasteiger partial charge in [0.1, 0.15) is 0 Å². The molecule has 0 unspecified atom stereocenters. The predicted octanol–water partition coefficient (Wildman–Crippen LogP) is 7.80. The molecule has 0 spiro atoms. The van der Waals surface area contributed by atoms with E-state index in [-0.39, 0.29) is 22.5 Å². The third-order valence-electron chi connectivity index (χ3n) is 7.32. The Kier molecular flexibility index (Phi) is 8.70. The molecule has 2 N–H and O–H groups in total. The third-order valence-corrected chi connectivity index (χ3v) is 7.32. The topological polar surface area (TPSA) is 170 Å². The quantitative estimate of drug-likeness (QED) is 0.120. The van der Waals surface area contributed by atoms with Gasteiger partial charge in [-0.2, -0.15) is 0 Å². The standard InChI is InChI=1S/C36H24N6O6/c43-35(26-10-18-30(19-11-26)41(45)46)37-28-14-6-24(7-15-28)33-22-32(23-4-2-1-3-5-23)39-34(40-33)25-8-16-29(17-9-25)38-36(44)27-12-20-31(21-13-27)42(47)48/h1-22H,(H,37,43)(H,38,44). The van der Waals surface area contributed by atoms with Gasteiger partial charge < -0.3 is 10.6 Å². The summed E-state index contributed by atoms with van der Waals surface area (Å²) in [7, 11) is 0. The number of rotatable bonds is 9. The van der Waals surface area contributed by atoms with E-state index in [1.165, 1.54) is 48.5 Å². The normalized spacial score (nSPS) is 10.6. The van der Waals surface area contributed by atoms with Gasteiger partial charge in [0, 0.05) is 63.5 Å². The number of nitrogens with one attached hydrogen (secondary N) is 2. The highest BCUT2D eigenvalue weighted by atomic mass is 16.6. The maximum absolute atomic E-state index is 12.7. The number of non-ortho nitro benzene ring substituents is 2. The zero-order chi connectivity index (χ0) is 33.6. The highest BCUT2D eigenvalue weighted by Gasteiger charge is 2.14. The van der Waals surface area contributed by atoms with Crippen molar-refractivity contribution >= 4 is 34.6 Å². The van der Waals surface area contributed by atoms with Crippen LogP contribution in [0.25, 0.3) is 33.9 Å². The average Bonchev–Trinajstić information content (AvgIpc) is 3.12. The minimum absolute atomic E-state index is 0.0996. The van der Waals surface area contributed by atoms with Crippen molar-refractivity contribution in [2.45, 2.75) is 0 Å². The van der Waals surface area contributed by atoms with E-state index in [9.17, 15) is 29.8 Å². The second kappa shape index (κ2) is 13.5. The van der Waals surface area contributed by atoms with Crippen LogP contribution >= 0.6 is 0 Å². The number of amides is 2. The lowest BCUT2D eigenvalue weighted by atomic mass is 10.1. The number of carbonyl (C=O) groups excluding carboxylic acids is 2. The fourth-order valence-electron chi connectivity index (χ4n) is 4.78. The summed E-state index contributed by atoms with van der Waals surface area (Å²) in [5, 5.41) is 27.4. The van der Waals surface area contributed by atoms with Crippen LogP contribution in [-0.4, -0.2) is 31.6 Å². The summed E-state index contributed by atoms with van der Waals surface area (Å²) < 4.78 is 0. The monoisotopic (exact) mass is 636 g/mol. The van der Waals surface area contributed by atoms with E-state index >= 15 is 0 Å². The molecule has 0 saturated carbocycles. The molecular formula is C36H24N6O6. The fraction of sp³-hybridized carbons (Fsp3) is 0. The average molecular weight is 637 g/mol. The molecule has 0 aliphatic heterocycles. The van der Waals surface area contributed by atoms with E-state index in [1.807, 2.05) is 48.5 Å². The zero-order valence-electron chi connectivity index (χ0n) is 24.9. The number of benzene rings is 5. The van der Waals surface area contributed by atoms with Crippen molar-refractivity contribution in [3.63, 3.8) is 0 Å². The Labute approximate surface area is 273 Å². The van der Waals surface area contributed by atoms with Crippen molar-refractivity contribution in [1.82, 2.24) is 9.97 Å². The van der Waals surface area contributed by atoms with Crippen molar-refractivity contribution in [2.24, 2.45) is 0 Å². The summed E-state index contributed by atoms with van der Waals surface area (Å²) in [5.74, 6) is -0.356. The molecule has 0 saturated heterocycles. The van der Waals surface area contributed by atoms with E-state index in [4.69, 9.17) is 9.97 Å². The highest BCUT2D eigenvalue weighted by molar-refractivity contribution is 6.05. The summed E-state index contributed by atoms with van der Waals surface area (Å²) in [6, 6.07) is 36.4. The first-order valence-corrected chi connectivity index (χ1v) is 14.5. The van der Waals surface area contributed by atoms with Gasteiger partial charge in [-0.05, 0) is 66.7 Å². The number of carbonyl (C=O) groups is 2. The molecule has 5 aromatic carbocycles. The van der Waals surface area contributed by atoms with E-state index in [0.29, 0.717) is 34.2 Å². The SMILES string of the molecule is O=C(Nc1ccc(-c2cc(-c3ccccc3)nc(-c3ccc(NC(=O)c4ccc([N+](=O)[O-])cc4)cc3)n2)cc1)c1ccc([N+](=O)[O-])cc1. The molecule has 0 bridgehead atoms. The first-order valence-electron chi connectivity index (χ1n) is 14.5. The van der Waals surface area contributed by atoms with E-state index in [0.717, 1.165) is 11.1 Å². The number of hydrogen-bond donors (Lipinski definition) is 2. The van der Waals surface area contributed by atoms with Crippen LogP contribution in [-0.2, 0) is 0 Å². The Morgan fingerprint density at radius 2 is 0.896 bits per heavy atom. The van der Waals surface area contributed by atoms with Gasteiger partial charge >= 0.3 is 0 Å². The molecule has 48 heavy (non-hydrogen) atoms. The first kappa shape index (κ1) is 30.9. The van der Waals surface area contributed by atoms with Crippen molar-refractivity contribution in [3.05, 3.63) is 165 Å². The number of aromatic nitrogens is 2. The van der Waals surface area contributed by atoms with Gasteiger partial charge in [0.15, 0.2) is 5.82 Å². The summed E-state index contributed by atoms with van der Waals surface area (Å²) >= 11 is 0. The highest BCUT2D eigenvalue weighted by Crippen LogP contribution is 2.29.